The van der Waals surface area contributed by atoms with E-state index in [0.29, 0.717) is 12.1 Å². The van der Waals surface area contributed by atoms with E-state index < -0.39 is 0 Å². The lowest BCUT2D eigenvalue weighted by molar-refractivity contribution is -0.124. The molecule has 0 radical (unpaired) electrons. The van der Waals surface area contributed by atoms with E-state index in [1.807, 2.05) is 32.0 Å². The van der Waals surface area contributed by atoms with E-state index in [4.69, 9.17) is 15.2 Å². The van der Waals surface area contributed by atoms with Crippen LogP contribution < -0.4 is 15.8 Å². The maximum absolute atomic E-state index is 12.3. The second-order valence-corrected chi connectivity index (χ2v) is 6.82. The van der Waals surface area contributed by atoms with Crippen molar-refractivity contribution in [3.05, 3.63) is 23.8 Å². The summed E-state index contributed by atoms with van der Waals surface area (Å²) in [6.07, 6.45) is 3.22. The van der Waals surface area contributed by atoms with E-state index in [9.17, 15) is 4.79 Å². The second kappa shape index (κ2) is 5.80. The molecule has 2 heterocycles. The summed E-state index contributed by atoms with van der Waals surface area (Å²) < 4.78 is 11.5. The number of ether oxygens (including phenoxy) is 2. The molecule has 22 heavy (non-hydrogen) atoms. The van der Waals surface area contributed by atoms with Crippen LogP contribution in [0.3, 0.4) is 0 Å². The Kier molecular flexibility index (Phi) is 4.00. The molecule has 2 atom stereocenters. The minimum absolute atomic E-state index is 0.0305. The van der Waals surface area contributed by atoms with Gasteiger partial charge in [-0.1, -0.05) is 0 Å². The number of hydrogen-bond acceptors (Lipinski definition) is 4. The van der Waals surface area contributed by atoms with E-state index in [1.165, 1.54) is 0 Å². The quantitative estimate of drug-likeness (QED) is 0.842. The number of fused-ring (bicyclic) bond motifs is 1. The van der Waals surface area contributed by atoms with E-state index in [0.717, 1.165) is 37.2 Å². The molecule has 0 spiro atoms. The van der Waals surface area contributed by atoms with Crippen molar-refractivity contribution in [2.24, 2.45) is 0 Å². The molecule has 1 saturated heterocycles. The lowest BCUT2D eigenvalue weighted by Crippen LogP contribution is -2.41. The first-order valence-electron chi connectivity index (χ1n) is 7.92. The van der Waals surface area contributed by atoms with Crippen LogP contribution in [0.25, 0.3) is 0 Å². The first kappa shape index (κ1) is 15.2. The zero-order valence-electron chi connectivity index (χ0n) is 13.2. The fraction of sp³-hybridized carbons (Fsp3) is 0.588. The third-order valence-corrected chi connectivity index (χ3v) is 4.26. The van der Waals surface area contributed by atoms with Gasteiger partial charge in [-0.3, -0.25) is 4.79 Å². The van der Waals surface area contributed by atoms with Crippen molar-refractivity contribution < 1.29 is 14.3 Å². The molecule has 1 aromatic carbocycles. The predicted octanol–water partition coefficient (Wildman–Crippen LogP) is 2.56. The number of benzene rings is 1. The summed E-state index contributed by atoms with van der Waals surface area (Å²) in [4.78, 5) is 12.3. The van der Waals surface area contributed by atoms with Crippen LogP contribution in [-0.2, 0) is 9.53 Å². The average Bonchev–Trinajstić information content (AvgIpc) is 2.91. The van der Waals surface area contributed by atoms with Crippen molar-refractivity contribution in [3.8, 4) is 5.75 Å². The number of nitrogen functional groups attached to an aromatic ring is 1. The number of amides is 1. The molecule has 2 aliphatic rings. The van der Waals surface area contributed by atoms with Crippen molar-refractivity contribution in [3.63, 3.8) is 0 Å². The number of hydrogen-bond donors (Lipinski definition) is 2. The maximum atomic E-state index is 12.3. The van der Waals surface area contributed by atoms with Crippen LogP contribution in [0.15, 0.2) is 18.2 Å². The van der Waals surface area contributed by atoms with Crippen LogP contribution in [0.4, 0.5) is 5.69 Å². The summed E-state index contributed by atoms with van der Waals surface area (Å²) in [5.74, 6) is 0.829. The highest BCUT2D eigenvalue weighted by molar-refractivity contribution is 5.77. The largest absolute Gasteiger partial charge is 0.487 e. The zero-order valence-corrected chi connectivity index (χ0v) is 13.2. The number of anilines is 1. The summed E-state index contributed by atoms with van der Waals surface area (Å²) in [5.41, 5.74) is 7.21. The maximum Gasteiger partial charge on any atom is 0.223 e. The highest BCUT2D eigenvalue weighted by atomic mass is 16.5. The van der Waals surface area contributed by atoms with Gasteiger partial charge < -0.3 is 20.5 Å². The number of nitrogens with one attached hydrogen (secondary N) is 1. The molecule has 3 rings (SSSR count). The summed E-state index contributed by atoms with van der Waals surface area (Å²) in [7, 11) is 0. The minimum Gasteiger partial charge on any atom is -0.487 e. The number of nitrogens with two attached hydrogens (primary N) is 1. The van der Waals surface area contributed by atoms with Crippen LogP contribution in [0.5, 0.6) is 5.75 Å². The Morgan fingerprint density at radius 3 is 3.00 bits per heavy atom. The van der Waals surface area contributed by atoms with Crippen molar-refractivity contribution in [2.75, 3.05) is 12.3 Å². The second-order valence-electron chi connectivity index (χ2n) is 6.82. The van der Waals surface area contributed by atoms with Gasteiger partial charge in [0.05, 0.1) is 18.6 Å². The first-order chi connectivity index (χ1) is 10.4. The summed E-state index contributed by atoms with van der Waals surface area (Å²) in [6, 6.07) is 5.52. The SMILES string of the molecule is CC1(C)CC(NC(=O)CC2CCCO2)c2cc(N)ccc2O1. The first-order valence-corrected chi connectivity index (χ1v) is 7.92. The van der Waals surface area contributed by atoms with Crippen molar-refractivity contribution in [1.29, 1.82) is 0 Å². The monoisotopic (exact) mass is 304 g/mol. The Morgan fingerprint density at radius 2 is 2.27 bits per heavy atom. The lowest BCUT2D eigenvalue weighted by atomic mass is 9.89. The van der Waals surface area contributed by atoms with E-state index in [2.05, 4.69) is 5.32 Å². The summed E-state index contributed by atoms with van der Waals surface area (Å²) in [6.45, 7) is 4.83. The molecule has 1 aromatic rings. The summed E-state index contributed by atoms with van der Waals surface area (Å²) in [5, 5.41) is 3.13. The van der Waals surface area contributed by atoms with Gasteiger partial charge in [-0.15, -0.1) is 0 Å². The molecule has 0 bridgehead atoms. The Morgan fingerprint density at radius 1 is 1.45 bits per heavy atom. The molecular formula is C17H24N2O3. The molecular weight excluding hydrogens is 280 g/mol. The third kappa shape index (κ3) is 3.35. The molecule has 5 heteroatoms. The third-order valence-electron chi connectivity index (χ3n) is 4.26. The molecule has 5 nitrogen and oxygen atoms in total. The number of rotatable bonds is 3. The molecule has 0 aliphatic carbocycles. The summed E-state index contributed by atoms with van der Waals surface area (Å²) >= 11 is 0. The van der Waals surface area contributed by atoms with Gasteiger partial charge in [0, 0.05) is 24.3 Å². The van der Waals surface area contributed by atoms with Crippen molar-refractivity contribution in [2.45, 2.75) is 57.3 Å². The van der Waals surface area contributed by atoms with E-state index >= 15 is 0 Å². The molecule has 1 amide bonds. The Balaban J connectivity index is 1.74. The zero-order chi connectivity index (χ0) is 15.7. The van der Waals surface area contributed by atoms with Crippen molar-refractivity contribution in [1.82, 2.24) is 5.32 Å². The normalized spacial score (nSPS) is 26.1. The van der Waals surface area contributed by atoms with Gasteiger partial charge in [0.25, 0.3) is 0 Å². The Labute approximate surface area is 131 Å². The van der Waals surface area contributed by atoms with Crippen LogP contribution in [0.2, 0.25) is 0 Å². The van der Waals surface area contributed by atoms with Gasteiger partial charge in [-0.05, 0) is 44.9 Å². The Hall–Kier alpha value is -1.75. The molecule has 1 fully saturated rings. The predicted molar refractivity (Wildman–Crippen MR) is 84.7 cm³/mol. The van der Waals surface area contributed by atoms with E-state index in [-0.39, 0.29) is 23.7 Å². The van der Waals surface area contributed by atoms with E-state index in [1.54, 1.807) is 0 Å². The molecule has 2 unspecified atom stereocenters. The molecule has 2 aliphatic heterocycles. The molecule has 0 saturated carbocycles. The van der Waals surface area contributed by atoms with Gasteiger partial charge in [-0.25, -0.2) is 0 Å². The Bertz CT molecular complexity index is 565. The average molecular weight is 304 g/mol. The van der Waals surface area contributed by atoms with Gasteiger partial charge in [-0.2, -0.15) is 0 Å². The van der Waals surface area contributed by atoms with Gasteiger partial charge in [0.2, 0.25) is 5.91 Å². The lowest BCUT2D eigenvalue weighted by Gasteiger charge is -2.38. The van der Waals surface area contributed by atoms with Crippen LogP contribution in [0, 0.1) is 0 Å². The molecule has 0 aromatic heterocycles. The topological polar surface area (TPSA) is 73.6 Å². The highest BCUT2D eigenvalue weighted by Gasteiger charge is 2.35. The smallest absolute Gasteiger partial charge is 0.223 e. The standard InChI is InChI=1S/C17H24N2O3/c1-17(2)10-14(13-8-11(18)5-6-15(13)22-17)19-16(20)9-12-4-3-7-21-12/h5-6,8,12,14H,3-4,7,9-10,18H2,1-2H3,(H,19,20). The van der Waals surface area contributed by atoms with Crippen molar-refractivity contribution >= 4 is 11.6 Å². The number of carbonyl (C=O) groups is 1. The highest BCUT2D eigenvalue weighted by Crippen LogP contribution is 2.40. The van der Waals surface area contributed by atoms with Crippen LogP contribution in [0.1, 0.15) is 51.1 Å². The fourth-order valence-corrected chi connectivity index (χ4v) is 3.27. The van der Waals surface area contributed by atoms with Gasteiger partial charge in [0.1, 0.15) is 11.4 Å². The van der Waals surface area contributed by atoms with Gasteiger partial charge in [0.15, 0.2) is 0 Å². The van der Waals surface area contributed by atoms with Crippen LogP contribution in [-0.4, -0.2) is 24.2 Å². The van der Waals surface area contributed by atoms with Crippen LogP contribution >= 0.6 is 0 Å². The van der Waals surface area contributed by atoms with Gasteiger partial charge >= 0.3 is 0 Å². The molecule has 120 valence electrons. The fourth-order valence-electron chi connectivity index (χ4n) is 3.27. The minimum atomic E-state index is -0.315. The number of carbonyl (C=O) groups excluding carboxylic acids is 1. The molecule has 3 N–H and O–H groups in total.